The fourth-order valence-corrected chi connectivity index (χ4v) is 5.91. The highest BCUT2D eigenvalue weighted by Crippen LogP contribution is 2.34. The zero-order valence-corrected chi connectivity index (χ0v) is 25.5. The van der Waals surface area contributed by atoms with Gasteiger partial charge < -0.3 is 14.8 Å². The summed E-state index contributed by atoms with van der Waals surface area (Å²) in [6.45, 7) is 1.79. The number of para-hydroxylation sites is 2. The molecule has 1 aromatic heterocycles. The molecule has 0 radical (unpaired) electrons. The Balaban J connectivity index is 1.42. The number of nitrogens with one attached hydrogen (secondary N) is 1. The molecular formula is C36H37N5O4. The molecule has 9 heteroatoms. The van der Waals surface area contributed by atoms with Crippen LogP contribution in [0.25, 0.3) is 11.0 Å². The summed E-state index contributed by atoms with van der Waals surface area (Å²) in [7, 11) is 1.60. The van der Waals surface area contributed by atoms with Crippen molar-refractivity contribution in [3.8, 4) is 17.2 Å². The van der Waals surface area contributed by atoms with E-state index >= 15 is 0 Å². The van der Waals surface area contributed by atoms with Crippen molar-refractivity contribution < 1.29 is 19.1 Å². The third-order valence-electron chi connectivity index (χ3n) is 8.32. The van der Waals surface area contributed by atoms with Crippen LogP contribution in [-0.2, 0) is 9.59 Å². The Morgan fingerprint density at radius 3 is 2.18 bits per heavy atom. The SMILES string of the molecule is COc1ccc([C@H](C(=O)NC2CCCCC2)N(C(=O)[C@H](C)n2nnc3ccccc32)c2ccc(Oc3ccccc3)cc2)cc1. The Bertz CT molecular complexity index is 1730. The molecule has 2 atom stereocenters. The average Bonchev–Trinajstić information content (AvgIpc) is 3.52. The highest BCUT2D eigenvalue weighted by molar-refractivity contribution is 6.03. The van der Waals surface area contributed by atoms with Crippen molar-refractivity contribution in [2.75, 3.05) is 12.0 Å². The standard InChI is InChI=1S/C36H37N5O4/c1-25(41-33-16-10-9-15-32(33)38-39-41)36(43)40(28-19-23-31(24-20-28)45-30-13-7-4-8-14-30)34(26-17-21-29(44-2)22-18-26)35(42)37-27-11-5-3-6-12-27/h4,7-10,13-25,27,34H,3,5-6,11-12H2,1-2H3,(H,37,42)/t25-,34+/m0/s1. The lowest BCUT2D eigenvalue weighted by Crippen LogP contribution is -2.48. The van der Waals surface area contributed by atoms with Gasteiger partial charge in [0.1, 0.15) is 34.8 Å². The number of hydrogen-bond donors (Lipinski definition) is 1. The largest absolute Gasteiger partial charge is 0.497 e. The lowest BCUT2D eigenvalue weighted by Gasteiger charge is -2.35. The van der Waals surface area contributed by atoms with E-state index in [0.717, 1.165) is 31.2 Å². The summed E-state index contributed by atoms with van der Waals surface area (Å²) >= 11 is 0. The molecule has 4 aromatic carbocycles. The Labute approximate surface area is 262 Å². The number of fused-ring (bicyclic) bond motifs is 1. The smallest absolute Gasteiger partial charge is 0.252 e. The van der Waals surface area contributed by atoms with Crippen LogP contribution in [0.3, 0.4) is 0 Å². The molecule has 0 saturated heterocycles. The maximum absolute atomic E-state index is 14.7. The topological polar surface area (TPSA) is 98.6 Å². The van der Waals surface area contributed by atoms with E-state index in [4.69, 9.17) is 9.47 Å². The molecule has 5 aromatic rings. The van der Waals surface area contributed by atoms with Crippen LogP contribution in [0.4, 0.5) is 5.69 Å². The van der Waals surface area contributed by atoms with Gasteiger partial charge in [-0.25, -0.2) is 4.68 Å². The maximum Gasteiger partial charge on any atom is 0.252 e. The second-order valence-electron chi connectivity index (χ2n) is 11.3. The van der Waals surface area contributed by atoms with Crippen molar-refractivity contribution >= 4 is 28.5 Å². The van der Waals surface area contributed by atoms with Gasteiger partial charge in [0.2, 0.25) is 5.91 Å². The Kier molecular flexibility index (Phi) is 9.05. The van der Waals surface area contributed by atoms with Crippen molar-refractivity contribution in [3.05, 3.63) is 109 Å². The van der Waals surface area contributed by atoms with Crippen LogP contribution in [0, 0.1) is 0 Å². The highest BCUT2D eigenvalue weighted by atomic mass is 16.5. The first-order valence-corrected chi connectivity index (χ1v) is 15.4. The Morgan fingerprint density at radius 2 is 1.47 bits per heavy atom. The van der Waals surface area contributed by atoms with E-state index in [-0.39, 0.29) is 17.9 Å². The first kappa shape index (κ1) is 29.9. The third kappa shape index (κ3) is 6.67. The molecule has 1 fully saturated rings. The summed E-state index contributed by atoms with van der Waals surface area (Å²) in [4.78, 5) is 30.6. The summed E-state index contributed by atoms with van der Waals surface area (Å²) < 4.78 is 13.0. The number of ether oxygens (including phenoxy) is 2. The van der Waals surface area contributed by atoms with E-state index in [2.05, 4.69) is 15.6 Å². The van der Waals surface area contributed by atoms with Gasteiger partial charge in [-0.1, -0.05) is 66.9 Å². The number of carbonyl (C=O) groups excluding carboxylic acids is 2. The number of nitrogens with zero attached hydrogens (tertiary/aromatic N) is 4. The Hall–Kier alpha value is -5.18. The van der Waals surface area contributed by atoms with Gasteiger partial charge in [0.05, 0.1) is 12.6 Å². The predicted molar refractivity (Wildman–Crippen MR) is 173 cm³/mol. The van der Waals surface area contributed by atoms with Crippen molar-refractivity contribution in [2.45, 2.75) is 57.2 Å². The molecule has 1 heterocycles. The summed E-state index contributed by atoms with van der Waals surface area (Å²) in [6.07, 6.45) is 5.14. The molecule has 230 valence electrons. The monoisotopic (exact) mass is 603 g/mol. The molecule has 0 spiro atoms. The van der Waals surface area contributed by atoms with Gasteiger partial charge in [0.15, 0.2) is 0 Å². The molecule has 0 aliphatic heterocycles. The zero-order valence-electron chi connectivity index (χ0n) is 25.5. The van der Waals surface area contributed by atoms with E-state index in [1.54, 1.807) is 23.6 Å². The van der Waals surface area contributed by atoms with Crippen LogP contribution in [-0.4, -0.2) is 40.0 Å². The minimum absolute atomic E-state index is 0.0577. The van der Waals surface area contributed by atoms with Crippen LogP contribution in [0.5, 0.6) is 17.2 Å². The van der Waals surface area contributed by atoms with Gasteiger partial charge in [-0.2, -0.15) is 0 Å². The van der Waals surface area contributed by atoms with Gasteiger partial charge in [0.25, 0.3) is 5.91 Å². The molecule has 1 saturated carbocycles. The number of hydrogen-bond acceptors (Lipinski definition) is 6. The number of rotatable bonds is 10. The summed E-state index contributed by atoms with van der Waals surface area (Å²) in [5.41, 5.74) is 2.64. The van der Waals surface area contributed by atoms with E-state index in [1.807, 2.05) is 103 Å². The molecule has 45 heavy (non-hydrogen) atoms. The normalized spacial score (nSPS) is 14.8. The van der Waals surface area contributed by atoms with Gasteiger partial charge >= 0.3 is 0 Å². The molecule has 1 N–H and O–H groups in total. The summed E-state index contributed by atoms with van der Waals surface area (Å²) in [6, 6.07) is 29.9. The fraction of sp³-hybridized carbons (Fsp3) is 0.278. The molecular weight excluding hydrogens is 566 g/mol. The number of anilines is 1. The van der Waals surface area contributed by atoms with Crippen molar-refractivity contribution in [1.82, 2.24) is 20.3 Å². The van der Waals surface area contributed by atoms with Crippen molar-refractivity contribution in [1.29, 1.82) is 0 Å². The number of methoxy groups -OCH3 is 1. The van der Waals surface area contributed by atoms with Gasteiger partial charge in [-0.15, -0.1) is 5.10 Å². The number of aromatic nitrogens is 3. The van der Waals surface area contributed by atoms with Gasteiger partial charge in [-0.05, 0) is 86.0 Å². The lowest BCUT2D eigenvalue weighted by molar-refractivity contribution is -0.128. The molecule has 0 bridgehead atoms. The molecule has 1 aliphatic rings. The first-order chi connectivity index (χ1) is 22.0. The van der Waals surface area contributed by atoms with E-state index in [1.165, 1.54) is 6.42 Å². The third-order valence-corrected chi connectivity index (χ3v) is 8.32. The van der Waals surface area contributed by atoms with Crippen molar-refractivity contribution in [3.63, 3.8) is 0 Å². The Morgan fingerprint density at radius 1 is 0.822 bits per heavy atom. The van der Waals surface area contributed by atoms with Gasteiger partial charge in [-0.3, -0.25) is 14.5 Å². The van der Waals surface area contributed by atoms with Gasteiger partial charge in [0, 0.05) is 11.7 Å². The summed E-state index contributed by atoms with van der Waals surface area (Å²) in [5.74, 6) is 1.43. The average molecular weight is 604 g/mol. The minimum atomic E-state index is -0.955. The molecule has 0 unspecified atom stereocenters. The molecule has 9 nitrogen and oxygen atoms in total. The second-order valence-corrected chi connectivity index (χ2v) is 11.3. The molecule has 2 amide bonds. The minimum Gasteiger partial charge on any atom is -0.497 e. The molecule has 1 aliphatic carbocycles. The van der Waals surface area contributed by atoms with Crippen LogP contribution < -0.4 is 19.7 Å². The lowest BCUT2D eigenvalue weighted by atomic mass is 9.94. The fourth-order valence-electron chi connectivity index (χ4n) is 5.91. The maximum atomic E-state index is 14.7. The quantitative estimate of drug-likeness (QED) is 0.184. The summed E-state index contributed by atoms with van der Waals surface area (Å²) in [5, 5.41) is 11.9. The number of amides is 2. The van der Waals surface area contributed by atoms with Crippen LogP contribution in [0.2, 0.25) is 0 Å². The van der Waals surface area contributed by atoms with Crippen LogP contribution in [0.1, 0.15) is 56.7 Å². The van der Waals surface area contributed by atoms with E-state index in [9.17, 15) is 9.59 Å². The second kappa shape index (κ2) is 13.6. The number of carbonyl (C=O) groups is 2. The molecule has 6 rings (SSSR count). The van der Waals surface area contributed by atoms with E-state index < -0.39 is 12.1 Å². The van der Waals surface area contributed by atoms with Crippen LogP contribution >= 0.6 is 0 Å². The van der Waals surface area contributed by atoms with E-state index in [0.29, 0.717) is 34.0 Å². The van der Waals surface area contributed by atoms with Crippen molar-refractivity contribution in [2.24, 2.45) is 0 Å². The zero-order chi connectivity index (χ0) is 31.2. The highest BCUT2D eigenvalue weighted by Gasteiger charge is 2.37. The predicted octanol–water partition coefficient (Wildman–Crippen LogP) is 7.02. The number of benzene rings is 4. The first-order valence-electron chi connectivity index (χ1n) is 15.4. The van der Waals surface area contributed by atoms with Crippen LogP contribution in [0.15, 0.2) is 103 Å².